The van der Waals surface area contributed by atoms with Gasteiger partial charge >= 0.3 is 0 Å². The van der Waals surface area contributed by atoms with Crippen LogP contribution in [0, 0.1) is 29.1 Å². The van der Waals surface area contributed by atoms with Crippen molar-refractivity contribution in [2.75, 3.05) is 0 Å². The summed E-state index contributed by atoms with van der Waals surface area (Å²) in [6, 6.07) is 0. The van der Waals surface area contributed by atoms with Crippen LogP contribution < -0.4 is 0 Å². The topological polar surface area (TPSA) is 0 Å². The van der Waals surface area contributed by atoms with Crippen molar-refractivity contribution in [1.82, 2.24) is 0 Å². The second-order valence-corrected chi connectivity index (χ2v) is 4.58. The van der Waals surface area contributed by atoms with Crippen LogP contribution in [0.3, 0.4) is 0 Å². The molecule has 5 heteroatoms. The van der Waals surface area contributed by atoms with E-state index in [1.54, 1.807) is 6.92 Å². The van der Waals surface area contributed by atoms with Gasteiger partial charge < -0.3 is 0 Å². The Balaban J connectivity index is 3.54. The van der Waals surface area contributed by atoms with Crippen molar-refractivity contribution in [3.8, 4) is 0 Å². The highest BCUT2D eigenvalue weighted by Crippen LogP contribution is 2.35. The molecule has 96 valence electrons. The Hall–Kier alpha value is -1.13. The van der Waals surface area contributed by atoms with Gasteiger partial charge in [-0.3, -0.25) is 0 Å². The summed E-state index contributed by atoms with van der Waals surface area (Å²) in [7, 11) is 0. The number of halogens is 5. The maximum absolute atomic E-state index is 13.5. The number of hydrogen-bond acceptors (Lipinski definition) is 0. The van der Waals surface area contributed by atoms with Gasteiger partial charge in [0.15, 0.2) is 23.3 Å². The van der Waals surface area contributed by atoms with E-state index in [1.165, 1.54) is 13.8 Å². The molecule has 0 aliphatic heterocycles. The van der Waals surface area contributed by atoms with Crippen LogP contribution in [0.2, 0.25) is 0 Å². The van der Waals surface area contributed by atoms with Gasteiger partial charge in [0.25, 0.3) is 0 Å². The standard InChI is InChI=1S/C12H13F5/c1-4-5-12(2,3)6-7(13)9(15)11(17)10(16)8(6)14/h4-5H2,1-3H3. The van der Waals surface area contributed by atoms with Crippen molar-refractivity contribution in [3.63, 3.8) is 0 Å². The Kier molecular flexibility index (Phi) is 3.79. The van der Waals surface area contributed by atoms with Gasteiger partial charge in [0.1, 0.15) is 0 Å². The summed E-state index contributed by atoms with van der Waals surface area (Å²) in [6.07, 6.45) is 0.901. The Bertz CT molecular complexity index is 408. The number of benzene rings is 1. The summed E-state index contributed by atoms with van der Waals surface area (Å²) in [4.78, 5) is 0. The normalized spacial score (nSPS) is 12.0. The lowest BCUT2D eigenvalue weighted by Gasteiger charge is -2.26. The summed E-state index contributed by atoms with van der Waals surface area (Å²) >= 11 is 0. The van der Waals surface area contributed by atoms with E-state index < -0.39 is 40.1 Å². The largest absolute Gasteiger partial charge is 0.203 e. The van der Waals surface area contributed by atoms with Gasteiger partial charge in [0, 0.05) is 5.56 Å². The fourth-order valence-corrected chi connectivity index (χ4v) is 1.95. The summed E-state index contributed by atoms with van der Waals surface area (Å²) in [5.41, 5.74) is -1.84. The fraction of sp³-hybridized carbons (Fsp3) is 0.500. The van der Waals surface area contributed by atoms with Gasteiger partial charge in [-0.1, -0.05) is 27.2 Å². The van der Waals surface area contributed by atoms with Crippen LogP contribution in [0.15, 0.2) is 0 Å². The lowest BCUT2D eigenvalue weighted by Crippen LogP contribution is -2.23. The molecule has 0 fully saturated rings. The second-order valence-electron chi connectivity index (χ2n) is 4.58. The molecule has 0 nitrogen and oxygen atoms in total. The Labute approximate surface area is 96.4 Å². The zero-order valence-corrected chi connectivity index (χ0v) is 9.80. The highest BCUT2D eigenvalue weighted by molar-refractivity contribution is 5.30. The third-order valence-corrected chi connectivity index (χ3v) is 2.76. The predicted molar refractivity (Wildman–Crippen MR) is 54.2 cm³/mol. The van der Waals surface area contributed by atoms with Gasteiger partial charge in [-0.25, -0.2) is 22.0 Å². The lowest BCUT2D eigenvalue weighted by atomic mass is 9.80. The van der Waals surface area contributed by atoms with Crippen LogP contribution >= 0.6 is 0 Å². The van der Waals surface area contributed by atoms with E-state index in [0.29, 0.717) is 12.8 Å². The first-order valence-electron chi connectivity index (χ1n) is 5.26. The molecule has 0 aromatic heterocycles. The average molecular weight is 252 g/mol. The zero-order valence-electron chi connectivity index (χ0n) is 9.80. The van der Waals surface area contributed by atoms with Crippen LogP contribution in [0.1, 0.15) is 39.2 Å². The van der Waals surface area contributed by atoms with Crippen LogP contribution in [-0.4, -0.2) is 0 Å². The molecule has 0 aliphatic carbocycles. The quantitative estimate of drug-likeness (QED) is 0.423. The highest BCUT2D eigenvalue weighted by atomic mass is 19.2. The lowest BCUT2D eigenvalue weighted by molar-refractivity contribution is 0.339. The van der Waals surface area contributed by atoms with E-state index in [9.17, 15) is 22.0 Å². The third-order valence-electron chi connectivity index (χ3n) is 2.76. The molecule has 0 saturated heterocycles. The Morgan fingerprint density at radius 2 is 1.12 bits per heavy atom. The van der Waals surface area contributed by atoms with Crippen LogP contribution in [0.5, 0.6) is 0 Å². The van der Waals surface area contributed by atoms with Crippen molar-refractivity contribution in [2.45, 2.75) is 39.0 Å². The summed E-state index contributed by atoms with van der Waals surface area (Å²) < 4.78 is 65.9. The molecule has 1 rings (SSSR count). The molecule has 0 unspecified atom stereocenters. The maximum atomic E-state index is 13.5. The van der Waals surface area contributed by atoms with Crippen molar-refractivity contribution in [2.24, 2.45) is 0 Å². The Morgan fingerprint density at radius 3 is 1.47 bits per heavy atom. The summed E-state index contributed by atoms with van der Waals surface area (Å²) in [5, 5.41) is 0. The van der Waals surface area contributed by atoms with E-state index in [-0.39, 0.29) is 0 Å². The molecule has 0 aliphatic rings. The minimum absolute atomic E-state index is 0.325. The molecule has 0 bridgehead atoms. The molecular formula is C12H13F5. The fourth-order valence-electron chi connectivity index (χ4n) is 1.95. The first-order valence-corrected chi connectivity index (χ1v) is 5.26. The molecule has 0 heterocycles. The summed E-state index contributed by atoms with van der Waals surface area (Å²) in [6.45, 7) is 4.68. The van der Waals surface area contributed by atoms with Crippen molar-refractivity contribution in [3.05, 3.63) is 34.6 Å². The molecule has 1 aromatic rings. The van der Waals surface area contributed by atoms with Gasteiger partial charge in [-0.2, -0.15) is 0 Å². The minimum atomic E-state index is -2.11. The van der Waals surface area contributed by atoms with Crippen LogP contribution in [0.25, 0.3) is 0 Å². The molecule has 0 spiro atoms. The maximum Gasteiger partial charge on any atom is 0.200 e. The van der Waals surface area contributed by atoms with E-state index in [4.69, 9.17) is 0 Å². The van der Waals surface area contributed by atoms with E-state index in [0.717, 1.165) is 0 Å². The van der Waals surface area contributed by atoms with E-state index in [1.807, 2.05) is 0 Å². The molecule has 0 amide bonds. The van der Waals surface area contributed by atoms with Crippen molar-refractivity contribution >= 4 is 0 Å². The number of rotatable bonds is 3. The minimum Gasteiger partial charge on any atom is -0.203 e. The zero-order chi connectivity index (χ0) is 13.4. The molecule has 0 saturated carbocycles. The predicted octanol–water partition coefficient (Wildman–Crippen LogP) is 4.46. The van der Waals surface area contributed by atoms with Gasteiger partial charge in [0.05, 0.1) is 0 Å². The smallest absolute Gasteiger partial charge is 0.200 e. The average Bonchev–Trinajstić information content (AvgIpc) is 2.23. The first-order chi connectivity index (χ1) is 7.74. The first kappa shape index (κ1) is 13.9. The van der Waals surface area contributed by atoms with Crippen LogP contribution in [0.4, 0.5) is 22.0 Å². The highest BCUT2D eigenvalue weighted by Gasteiger charge is 2.34. The van der Waals surface area contributed by atoms with Gasteiger partial charge in [-0.15, -0.1) is 0 Å². The van der Waals surface area contributed by atoms with Gasteiger partial charge in [0.2, 0.25) is 5.82 Å². The van der Waals surface area contributed by atoms with Crippen molar-refractivity contribution < 1.29 is 22.0 Å². The second kappa shape index (κ2) is 4.63. The third kappa shape index (κ3) is 2.28. The Morgan fingerprint density at radius 1 is 0.765 bits per heavy atom. The molecule has 0 N–H and O–H groups in total. The van der Waals surface area contributed by atoms with E-state index >= 15 is 0 Å². The molecular weight excluding hydrogens is 239 g/mol. The molecule has 0 radical (unpaired) electrons. The molecule has 1 aromatic carbocycles. The van der Waals surface area contributed by atoms with Gasteiger partial charge in [-0.05, 0) is 11.8 Å². The van der Waals surface area contributed by atoms with Crippen LogP contribution in [-0.2, 0) is 5.41 Å². The van der Waals surface area contributed by atoms with Crippen molar-refractivity contribution in [1.29, 1.82) is 0 Å². The SMILES string of the molecule is CCCC(C)(C)c1c(F)c(F)c(F)c(F)c1F. The van der Waals surface area contributed by atoms with E-state index in [2.05, 4.69) is 0 Å². The number of hydrogen-bond donors (Lipinski definition) is 0. The molecule has 0 atom stereocenters. The molecule has 17 heavy (non-hydrogen) atoms. The monoisotopic (exact) mass is 252 g/mol. The summed E-state index contributed by atoms with van der Waals surface area (Å²) in [5.74, 6) is -9.36.